The molecule has 6 heteroatoms. The fourth-order valence-electron chi connectivity index (χ4n) is 3.00. The number of aliphatic hydroxyl groups excluding tert-OH is 1. The minimum atomic E-state index is -0.699. The Morgan fingerprint density at radius 3 is 2.71 bits per heavy atom. The number of aliphatic hydroxyl groups is 1. The molecule has 0 saturated heterocycles. The van der Waals surface area contributed by atoms with Gasteiger partial charge in [0.1, 0.15) is 24.2 Å². The Balaban J connectivity index is 1.63. The van der Waals surface area contributed by atoms with Crippen molar-refractivity contribution in [3.63, 3.8) is 0 Å². The van der Waals surface area contributed by atoms with Gasteiger partial charge >= 0.3 is 0 Å². The zero-order valence-electron chi connectivity index (χ0n) is 16.1. The number of para-hydroxylation sites is 1. The van der Waals surface area contributed by atoms with Crippen LogP contribution in [-0.2, 0) is 13.1 Å². The number of Topliss-reactive ketones (excluding diaryl/α,β-unsaturated/α-hetero) is 1. The lowest BCUT2D eigenvalue weighted by Crippen LogP contribution is -2.35. The van der Waals surface area contributed by atoms with Crippen LogP contribution in [0.25, 0.3) is 0 Å². The van der Waals surface area contributed by atoms with Crippen LogP contribution < -0.4 is 4.74 Å². The van der Waals surface area contributed by atoms with Gasteiger partial charge < -0.3 is 14.3 Å². The molecule has 0 aliphatic carbocycles. The molecule has 0 aliphatic heterocycles. The number of nitrogens with zero attached hydrogens (tertiary/aromatic N) is 1. The first-order valence-electron chi connectivity index (χ1n) is 9.21. The standard InChI is InChI=1S/C22H25NO4S/c1-16-9-11-28-22(16)14-23(13-19-6-5-10-26-19)12-18(25)15-27-21-8-4-3-7-20(21)17(2)24/h3-11,18,25H,12-15H2,1-2H3. The van der Waals surface area contributed by atoms with E-state index in [9.17, 15) is 9.90 Å². The zero-order chi connectivity index (χ0) is 19.9. The second kappa shape index (κ2) is 9.68. The molecule has 0 fully saturated rings. The molecule has 1 aromatic carbocycles. The van der Waals surface area contributed by atoms with E-state index < -0.39 is 6.10 Å². The maximum absolute atomic E-state index is 11.7. The second-order valence-corrected chi connectivity index (χ2v) is 7.79. The third-order valence-corrected chi connectivity index (χ3v) is 5.47. The minimum absolute atomic E-state index is 0.0577. The SMILES string of the molecule is CC(=O)c1ccccc1OCC(O)CN(Cc1ccco1)Cc1sccc1C. The van der Waals surface area contributed by atoms with Crippen LogP contribution in [0.3, 0.4) is 0 Å². The molecule has 5 nitrogen and oxygen atoms in total. The van der Waals surface area contributed by atoms with Gasteiger partial charge in [-0.3, -0.25) is 9.69 Å². The fraction of sp³-hybridized carbons (Fsp3) is 0.318. The van der Waals surface area contributed by atoms with E-state index in [0.717, 1.165) is 12.3 Å². The van der Waals surface area contributed by atoms with Crippen molar-refractivity contribution in [2.75, 3.05) is 13.2 Å². The highest BCUT2D eigenvalue weighted by atomic mass is 32.1. The Labute approximate surface area is 169 Å². The van der Waals surface area contributed by atoms with Crippen LogP contribution in [0.15, 0.2) is 58.5 Å². The van der Waals surface area contributed by atoms with E-state index in [1.165, 1.54) is 17.4 Å². The molecule has 2 aromatic heterocycles. The summed E-state index contributed by atoms with van der Waals surface area (Å²) in [7, 11) is 0. The normalized spacial score (nSPS) is 12.3. The van der Waals surface area contributed by atoms with Crippen molar-refractivity contribution in [2.24, 2.45) is 0 Å². The van der Waals surface area contributed by atoms with Gasteiger partial charge in [0.05, 0.1) is 18.4 Å². The molecule has 148 valence electrons. The molecule has 1 unspecified atom stereocenters. The van der Waals surface area contributed by atoms with Crippen molar-refractivity contribution >= 4 is 17.1 Å². The van der Waals surface area contributed by atoms with Gasteiger partial charge in [-0.05, 0) is 55.1 Å². The highest BCUT2D eigenvalue weighted by molar-refractivity contribution is 7.10. The molecule has 0 aliphatic rings. The molecule has 0 bridgehead atoms. The maximum atomic E-state index is 11.7. The van der Waals surface area contributed by atoms with E-state index in [-0.39, 0.29) is 12.4 Å². The largest absolute Gasteiger partial charge is 0.490 e. The number of ketones is 1. The van der Waals surface area contributed by atoms with Crippen molar-refractivity contribution in [1.82, 2.24) is 4.90 Å². The summed E-state index contributed by atoms with van der Waals surface area (Å²) >= 11 is 1.71. The van der Waals surface area contributed by atoms with Crippen molar-refractivity contribution in [3.05, 3.63) is 75.9 Å². The average molecular weight is 400 g/mol. The summed E-state index contributed by atoms with van der Waals surface area (Å²) in [5.74, 6) is 1.29. The van der Waals surface area contributed by atoms with Crippen molar-refractivity contribution in [2.45, 2.75) is 33.0 Å². The van der Waals surface area contributed by atoms with Gasteiger partial charge in [-0.25, -0.2) is 0 Å². The van der Waals surface area contributed by atoms with E-state index in [4.69, 9.17) is 9.15 Å². The first-order valence-corrected chi connectivity index (χ1v) is 10.1. The Morgan fingerprint density at radius 1 is 1.21 bits per heavy atom. The molecule has 1 N–H and O–H groups in total. The van der Waals surface area contributed by atoms with Crippen LogP contribution >= 0.6 is 11.3 Å². The van der Waals surface area contributed by atoms with E-state index in [2.05, 4.69) is 23.3 Å². The molecule has 3 aromatic rings. The van der Waals surface area contributed by atoms with E-state index in [1.807, 2.05) is 18.2 Å². The second-order valence-electron chi connectivity index (χ2n) is 6.79. The molecule has 0 radical (unpaired) electrons. The number of thiophene rings is 1. The van der Waals surface area contributed by atoms with Crippen LogP contribution in [0.5, 0.6) is 5.75 Å². The number of rotatable bonds is 10. The fourth-order valence-corrected chi connectivity index (χ4v) is 3.94. The Hall–Kier alpha value is -2.41. The Morgan fingerprint density at radius 2 is 2.04 bits per heavy atom. The van der Waals surface area contributed by atoms with Crippen molar-refractivity contribution < 1.29 is 19.1 Å². The zero-order valence-corrected chi connectivity index (χ0v) is 16.9. The summed E-state index contributed by atoms with van der Waals surface area (Å²) < 4.78 is 11.2. The number of carbonyl (C=O) groups excluding carboxylic acids is 1. The van der Waals surface area contributed by atoms with E-state index >= 15 is 0 Å². The summed E-state index contributed by atoms with van der Waals surface area (Å²) in [5, 5.41) is 12.6. The van der Waals surface area contributed by atoms with Crippen LogP contribution in [-0.4, -0.2) is 35.0 Å². The van der Waals surface area contributed by atoms with Gasteiger partial charge in [-0.1, -0.05) is 12.1 Å². The van der Waals surface area contributed by atoms with Gasteiger partial charge in [0.15, 0.2) is 5.78 Å². The first-order chi connectivity index (χ1) is 13.5. The summed E-state index contributed by atoms with van der Waals surface area (Å²) in [6.45, 7) is 5.47. The molecular formula is C22H25NO4S. The van der Waals surface area contributed by atoms with Crippen molar-refractivity contribution in [3.8, 4) is 5.75 Å². The quantitative estimate of drug-likeness (QED) is 0.515. The number of ether oxygens (including phenoxy) is 1. The summed E-state index contributed by atoms with van der Waals surface area (Å²) in [5.41, 5.74) is 1.77. The highest BCUT2D eigenvalue weighted by Crippen LogP contribution is 2.21. The number of aryl methyl sites for hydroxylation is 1. The first kappa shape index (κ1) is 20.3. The number of hydrogen-bond acceptors (Lipinski definition) is 6. The molecule has 0 amide bonds. The van der Waals surface area contributed by atoms with Crippen LogP contribution in [0.4, 0.5) is 0 Å². The minimum Gasteiger partial charge on any atom is -0.490 e. The molecule has 0 saturated carbocycles. The average Bonchev–Trinajstić information content (AvgIpc) is 3.32. The Kier molecular flexibility index (Phi) is 7.03. The Bertz CT molecular complexity index is 888. The predicted molar refractivity (Wildman–Crippen MR) is 110 cm³/mol. The molecule has 28 heavy (non-hydrogen) atoms. The molecular weight excluding hydrogens is 374 g/mol. The lowest BCUT2D eigenvalue weighted by atomic mass is 10.1. The van der Waals surface area contributed by atoms with Crippen LogP contribution in [0.2, 0.25) is 0 Å². The summed E-state index contributed by atoms with van der Waals surface area (Å²) in [4.78, 5) is 15.1. The molecule has 0 spiro atoms. The van der Waals surface area contributed by atoms with Gasteiger partial charge in [0.2, 0.25) is 0 Å². The van der Waals surface area contributed by atoms with E-state index in [0.29, 0.717) is 24.4 Å². The summed E-state index contributed by atoms with van der Waals surface area (Å²) in [6.07, 6.45) is 0.956. The van der Waals surface area contributed by atoms with Crippen LogP contribution in [0, 0.1) is 6.92 Å². The molecule has 3 rings (SSSR count). The number of hydrogen-bond donors (Lipinski definition) is 1. The van der Waals surface area contributed by atoms with Gasteiger partial charge in [0, 0.05) is 18.0 Å². The lowest BCUT2D eigenvalue weighted by Gasteiger charge is -2.24. The maximum Gasteiger partial charge on any atom is 0.163 e. The van der Waals surface area contributed by atoms with Gasteiger partial charge in [-0.2, -0.15) is 0 Å². The number of carbonyl (C=O) groups is 1. The number of benzene rings is 1. The predicted octanol–water partition coefficient (Wildman–Crippen LogP) is 4.29. The monoisotopic (exact) mass is 399 g/mol. The van der Waals surface area contributed by atoms with Crippen molar-refractivity contribution in [1.29, 1.82) is 0 Å². The lowest BCUT2D eigenvalue weighted by molar-refractivity contribution is 0.0602. The smallest absolute Gasteiger partial charge is 0.163 e. The van der Waals surface area contributed by atoms with Gasteiger partial charge in [-0.15, -0.1) is 11.3 Å². The highest BCUT2D eigenvalue weighted by Gasteiger charge is 2.17. The third-order valence-electron chi connectivity index (χ3n) is 4.46. The topological polar surface area (TPSA) is 62.9 Å². The van der Waals surface area contributed by atoms with E-state index in [1.54, 1.807) is 35.8 Å². The summed E-state index contributed by atoms with van der Waals surface area (Å²) in [6, 6.07) is 13.0. The number of furan rings is 1. The molecule has 2 heterocycles. The third kappa shape index (κ3) is 5.55. The van der Waals surface area contributed by atoms with Gasteiger partial charge in [0.25, 0.3) is 0 Å². The van der Waals surface area contributed by atoms with Crippen LogP contribution in [0.1, 0.15) is 33.5 Å². The molecule has 1 atom stereocenters.